The summed E-state index contributed by atoms with van der Waals surface area (Å²) in [6.45, 7) is 6.40. The average molecular weight is 227 g/mol. The van der Waals surface area contributed by atoms with Crippen molar-refractivity contribution in [2.75, 3.05) is 18.6 Å². The summed E-state index contributed by atoms with van der Waals surface area (Å²) in [5.41, 5.74) is 0. The molecule has 3 nitrogen and oxygen atoms in total. The highest BCUT2D eigenvalue weighted by molar-refractivity contribution is 7.98. The van der Waals surface area contributed by atoms with Gasteiger partial charge in [0.25, 0.3) is 0 Å². The van der Waals surface area contributed by atoms with E-state index in [1.165, 1.54) is 5.82 Å². The molecule has 1 aromatic heterocycles. The van der Waals surface area contributed by atoms with Crippen molar-refractivity contribution in [3.63, 3.8) is 0 Å². The van der Waals surface area contributed by atoms with Gasteiger partial charge in [-0.1, -0.05) is 6.92 Å². The van der Waals surface area contributed by atoms with E-state index in [1.807, 2.05) is 18.0 Å². The Bertz CT molecular complexity index is 273. The van der Waals surface area contributed by atoms with Crippen molar-refractivity contribution in [1.29, 1.82) is 0 Å². The summed E-state index contributed by atoms with van der Waals surface area (Å²) in [7, 11) is 0. The predicted molar refractivity (Wildman–Crippen MR) is 67.3 cm³/mol. The molecule has 15 heavy (non-hydrogen) atoms. The molecule has 0 aromatic carbocycles. The Kier molecular flexibility index (Phi) is 5.79. The van der Waals surface area contributed by atoms with E-state index in [1.54, 1.807) is 0 Å². The maximum atomic E-state index is 4.45. The van der Waals surface area contributed by atoms with E-state index < -0.39 is 0 Å². The summed E-state index contributed by atoms with van der Waals surface area (Å²) in [5, 5.41) is 3.54. The molecule has 0 fully saturated rings. The van der Waals surface area contributed by atoms with E-state index in [2.05, 4.69) is 41.2 Å². The van der Waals surface area contributed by atoms with Crippen LogP contribution < -0.4 is 5.32 Å². The lowest BCUT2D eigenvalue weighted by molar-refractivity contribution is 0.523. The molecule has 1 heterocycles. The first-order valence-corrected chi connectivity index (χ1v) is 6.96. The molecule has 1 unspecified atom stereocenters. The van der Waals surface area contributed by atoms with E-state index in [0.29, 0.717) is 6.04 Å². The molecule has 0 radical (unpaired) electrons. The molecule has 1 rings (SSSR count). The molecule has 0 saturated heterocycles. The van der Waals surface area contributed by atoms with Crippen molar-refractivity contribution in [3.05, 3.63) is 18.2 Å². The summed E-state index contributed by atoms with van der Waals surface area (Å²) in [5.74, 6) is 2.25. The molecular formula is C11H21N3S. The number of aryl methyl sites for hydroxylation is 1. The van der Waals surface area contributed by atoms with Crippen molar-refractivity contribution < 1.29 is 0 Å². The number of hydrogen-bond donors (Lipinski definition) is 1. The van der Waals surface area contributed by atoms with Gasteiger partial charge in [-0.05, 0) is 26.1 Å². The van der Waals surface area contributed by atoms with Gasteiger partial charge in [0.15, 0.2) is 0 Å². The van der Waals surface area contributed by atoms with Crippen LogP contribution in [0.15, 0.2) is 12.4 Å². The summed E-state index contributed by atoms with van der Waals surface area (Å²) in [6.07, 6.45) is 7.24. The van der Waals surface area contributed by atoms with Crippen LogP contribution in [-0.2, 0) is 6.54 Å². The average Bonchev–Trinajstić information content (AvgIpc) is 2.72. The molecule has 0 spiro atoms. The predicted octanol–water partition coefficient (Wildman–Crippen LogP) is 2.31. The van der Waals surface area contributed by atoms with Gasteiger partial charge in [0.1, 0.15) is 5.82 Å². The molecule has 1 atom stereocenters. The monoisotopic (exact) mass is 227 g/mol. The van der Waals surface area contributed by atoms with Crippen molar-refractivity contribution in [2.24, 2.45) is 0 Å². The number of imidazole rings is 1. The zero-order chi connectivity index (χ0) is 11.1. The standard InChI is InChI=1S/C11H21N3S/c1-4-6-12-10(9-15-3)11-13-7-8-14(11)5-2/h7-8,10,12H,4-6,9H2,1-3H3. The minimum Gasteiger partial charge on any atom is -0.334 e. The van der Waals surface area contributed by atoms with E-state index in [0.717, 1.165) is 25.3 Å². The van der Waals surface area contributed by atoms with Crippen molar-refractivity contribution in [1.82, 2.24) is 14.9 Å². The SMILES string of the molecule is CCCNC(CSC)c1nccn1CC. The first-order valence-electron chi connectivity index (χ1n) is 5.56. The van der Waals surface area contributed by atoms with E-state index in [-0.39, 0.29) is 0 Å². The van der Waals surface area contributed by atoms with Crippen LogP contribution in [0.1, 0.15) is 32.1 Å². The fourth-order valence-corrected chi connectivity index (χ4v) is 2.21. The Balaban J connectivity index is 2.69. The molecule has 0 saturated carbocycles. The zero-order valence-electron chi connectivity index (χ0n) is 9.86. The Hall–Kier alpha value is -0.480. The highest BCUT2D eigenvalue weighted by atomic mass is 32.2. The van der Waals surface area contributed by atoms with E-state index in [9.17, 15) is 0 Å². The van der Waals surface area contributed by atoms with Gasteiger partial charge in [0.05, 0.1) is 6.04 Å². The second-order valence-corrected chi connectivity index (χ2v) is 4.44. The third kappa shape index (κ3) is 3.54. The minimum absolute atomic E-state index is 0.384. The van der Waals surface area contributed by atoms with Gasteiger partial charge >= 0.3 is 0 Å². The largest absolute Gasteiger partial charge is 0.334 e. The number of hydrogen-bond acceptors (Lipinski definition) is 3. The highest BCUT2D eigenvalue weighted by Gasteiger charge is 2.14. The molecule has 1 aromatic rings. The third-order valence-corrected chi connectivity index (χ3v) is 3.04. The van der Waals surface area contributed by atoms with Crippen LogP contribution in [-0.4, -0.2) is 28.1 Å². The van der Waals surface area contributed by atoms with Crippen molar-refractivity contribution in [2.45, 2.75) is 32.9 Å². The Morgan fingerprint density at radius 1 is 1.53 bits per heavy atom. The number of nitrogens with one attached hydrogen (secondary N) is 1. The van der Waals surface area contributed by atoms with Crippen LogP contribution in [0.4, 0.5) is 0 Å². The Labute approximate surface area is 96.7 Å². The highest BCUT2D eigenvalue weighted by Crippen LogP contribution is 2.15. The Morgan fingerprint density at radius 3 is 2.93 bits per heavy atom. The lowest BCUT2D eigenvalue weighted by Gasteiger charge is -2.18. The fourth-order valence-electron chi connectivity index (χ4n) is 1.61. The van der Waals surface area contributed by atoms with E-state index in [4.69, 9.17) is 0 Å². The first-order chi connectivity index (χ1) is 7.33. The van der Waals surface area contributed by atoms with Crippen LogP contribution in [0.2, 0.25) is 0 Å². The number of thioether (sulfide) groups is 1. The third-order valence-electron chi connectivity index (χ3n) is 2.37. The molecule has 0 bridgehead atoms. The van der Waals surface area contributed by atoms with Gasteiger partial charge in [-0.15, -0.1) is 0 Å². The van der Waals surface area contributed by atoms with Crippen LogP contribution in [0, 0.1) is 0 Å². The molecule has 0 aliphatic carbocycles. The van der Waals surface area contributed by atoms with Crippen molar-refractivity contribution >= 4 is 11.8 Å². The van der Waals surface area contributed by atoms with Gasteiger partial charge in [0, 0.05) is 24.7 Å². The van der Waals surface area contributed by atoms with Crippen molar-refractivity contribution in [3.8, 4) is 0 Å². The quantitative estimate of drug-likeness (QED) is 0.775. The summed E-state index contributed by atoms with van der Waals surface area (Å²) < 4.78 is 2.21. The van der Waals surface area contributed by atoms with Gasteiger partial charge < -0.3 is 9.88 Å². The minimum atomic E-state index is 0.384. The van der Waals surface area contributed by atoms with Gasteiger partial charge in [0.2, 0.25) is 0 Å². The number of rotatable bonds is 7. The van der Waals surface area contributed by atoms with Crippen LogP contribution in [0.3, 0.4) is 0 Å². The zero-order valence-corrected chi connectivity index (χ0v) is 10.7. The molecular weight excluding hydrogens is 206 g/mol. The molecule has 86 valence electrons. The lowest BCUT2D eigenvalue weighted by atomic mass is 10.3. The fraction of sp³-hybridized carbons (Fsp3) is 0.727. The Morgan fingerprint density at radius 2 is 2.33 bits per heavy atom. The first kappa shape index (κ1) is 12.6. The van der Waals surface area contributed by atoms with Gasteiger partial charge in [-0.3, -0.25) is 0 Å². The van der Waals surface area contributed by atoms with Gasteiger partial charge in [-0.2, -0.15) is 11.8 Å². The maximum Gasteiger partial charge on any atom is 0.126 e. The normalized spacial score (nSPS) is 13.0. The smallest absolute Gasteiger partial charge is 0.126 e. The van der Waals surface area contributed by atoms with Gasteiger partial charge in [-0.25, -0.2) is 4.98 Å². The number of nitrogens with zero attached hydrogens (tertiary/aromatic N) is 2. The molecule has 0 amide bonds. The van der Waals surface area contributed by atoms with Crippen LogP contribution in [0.5, 0.6) is 0 Å². The summed E-state index contributed by atoms with van der Waals surface area (Å²) >= 11 is 1.86. The maximum absolute atomic E-state index is 4.45. The van der Waals surface area contributed by atoms with Crippen LogP contribution in [0.25, 0.3) is 0 Å². The van der Waals surface area contributed by atoms with Crippen LogP contribution >= 0.6 is 11.8 Å². The topological polar surface area (TPSA) is 29.9 Å². The summed E-state index contributed by atoms with van der Waals surface area (Å²) in [4.78, 5) is 4.45. The molecule has 0 aliphatic rings. The summed E-state index contributed by atoms with van der Waals surface area (Å²) in [6, 6.07) is 0.384. The second-order valence-electron chi connectivity index (χ2n) is 3.53. The van der Waals surface area contributed by atoms with E-state index >= 15 is 0 Å². The second kappa shape index (κ2) is 6.90. The molecule has 0 aliphatic heterocycles. The number of aromatic nitrogens is 2. The lowest BCUT2D eigenvalue weighted by Crippen LogP contribution is -2.27. The molecule has 4 heteroatoms. The molecule has 1 N–H and O–H groups in total.